The third kappa shape index (κ3) is 6.06. The summed E-state index contributed by atoms with van der Waals surface area (Å²) in [4.78, 5) is 17.5. The number of fused-ring (bicyclic) bond motifs is 1. The maximum absolute atomic E-state index is 14.4. The Bertz CT molecular complexity index is 1530. The van der Waals surface area contributed by atoms with Crippen LogP contribution < -0.4 is 15.4 Å². The van der Waals surface area contributed by atoms with Gasteiger partial charge in [-0.25, -0.2) is 18.3 Å². The molecule has 5 rings (SSSR count). The zero-order valence-electron chi connectivity index (χ0n) is 20.7. The molecule has 0 aliphatic heterocycles. The van der Waals surface area contributed by atoms with Gasteiger partial charge in [0, 0.05) is 53.3 Å². The van der Waals surface area contributed by atoms with Gasteiger partial charge in [-0.1, -0.05) is 6.07 Å². The molecule has 1 aromatic carbocycles. The Labute approximate surface area is 222 Å². The SMILES string of the molecule is C[C@H](Nc1cc(-c2cnn3cccnc23)nc(OCCCNCc2ccncc2)n1)c1ccc(F)cc1F.[HH].[HH].[HH]. The number of nitrogens with one attached hydrogen (secondary N) is 2. The number of hydrogen-bond acceptors (Lipinski definition) is 8. The molecule has 0 saturated heterocycles. The highest BCUT2D eigenvalue weighted by atomic mass is 19.1. The summed E-state index contributed by atoms with van der Waals surface area (Å²) in [5, 5.41) is 10.9. The van der Waals surface area contributed by atoms with Gasteiger partial charge in [0.25, 0.3) is 0 Å². The molecule has 0 amide bonds. The first-order chi connectivity index (χ1) is 18.6. The van der Waals surface area contributed by atoms with E-state index in [2.05, 4.69) is 35.7 Å². The van der Waals surface area contributed by atoms with Gasteiger partial charge in [-0.05, 0) is 49.7 Å². The van der Waals surface area contributed by atoms with Gasteiger partial charge in [-0.2, -0.15) is 15.1 Å². The number of anilines is 1. The molecular weight excluding hydrogens is 490 g/mol. The maximum Gasteiger partial charge on any atom is 0.318 e. The number of halogens is 2. The number of rotatable bonds is 11. The predicted octanol–water partition coefficient (Wildman–Crippen LogP) is 5.33. The molecule has 0 spiro atoms. The number of pyridine rings is 1. The number of ether oxygens (including phenoxy) is 1. The van der Waals surface area contributed by atoms with Crippen LogP contribution in [0, 0.1) is 11.6 Å². The molecule has 0 bridgehead atoms. The van der Waals surface area contributed by atoms with Crippen LogP contribution in [0.25, 0.3) is 16.9 Å². The minimum atomic E-state index is -0.637. The molecule has 38 heavy (non-hydrogen) atoms. The lowest BCUT2D eigenvalue weighted by molar-refractivity contribution is 0.285. The van der Waals surface area contributed by atoms with Crippen LogP contribution in [-0.4, -0.2) is 42.7 Å². The normalized spacial score (nSPS) is 12.0. The first-order valence-corrected chi connectivity index (χ1v) is 12.2. The van der Waals surface area contributed by atoms with Crippen molar-refractivity contribution in [1.29, 1.82) is 0 Å². The molecule has 4 aromatic heterocycles. The van der Waals surface area contributed by atoms with Crippen molar-refractivity contribution in [2.45, 2.75) is 25.9 Å². The van der Waals surface area contributed by atoms with Crippen LogP contribution in [0.3, 0.4) is 0 Å². The van der Waals surface area contributed by atoms with E-state index in [0.717, 1.165) is 31.1 Å². The van der Waals surface area contributed by atoms with Gasteiger partial charge in [0.05, 0.1) is 30.1 Å². The van der Waals surface area contributed by atoms with Crippen molar-refractivity contribution in [3.05, 3.63) is 96.2 Å². The van der Waals surface area contributed by atoms with E-state index in [-0.39, 0.29) is 10.3 Å². The molecule has 11 heteroatoms. The van der Waals surface area contributed by atoms with Gasteiger partial charge in [0.2, 0.25) is 0 Å². The van der Waals surface area contributed by atoms with E-state index in [1.165, 1.54) is 12.1 Å². The first-order valence-electron chi connectivity index (χ1n) is 12.2. The lowest BCUT2D eigenvalue weighted by Crippen LogP contribution is -2.17. The van der Waals surface area contributed by atoms with E-state index in [1.807, 2.05) is 12.1 Å². The maximum atomic E-state index is 14.4. The summed E-state index contributed by atoms with van der Waals surface area (Å²) in [6, 6.07) is 10.6. The third-order valence-electron chi connectivity index (χ3n) is 5.86. The first kappa shape index (κ1) is 25.2. The molecule has 0 aliphatic carbocycles. The number of benzene rings is 1. The Kier molecular flexibility index (Phi) is 7.74. The van der Waals surface area contributed by atoms with Gasteiger partial charge >= 0.3 is 6.01 Å². The second kappa shape index (κ2) is 11.7. The van der Waals surface area contributed by atoms with Crippen LogP contribution in [-0.2, 0) is 6.54 Å². The molecule has 0 fully saturated rings. The Morgan fingerprint density at radius 1 is 1.08 bits per heavy atom. The van der Waals surface area contributed by atoms with Crippen molar-refractivity contribution in [1.82, 2.24) is 34.9 Å². The molecule has 5 aromatic rings. The molecular formula is C27H32F2N8O. The lowest BCUT2D eigenvalue weighted by Gasteiger charge is -2.17. The summed E-state index contributed by atoms with van der Waals surface area (Å²) in [6.07, 6.45) is 9.40. The Hall–Kier alpha value is -4.51. The zero-order chi connectivity index (χ0) is 26.3. The van der Waals surface area contributed by atoms with Gasteiger partial charge in [-0.15, -0.1) is 0 Å². The van der Waals surface area contributed by atoms with Crippen molar-refractivity contribution in [3.63, 3.8) is 0 Å². The average Bonchev–Trinajstić information content (AvgIpc) is 3.35. The Balaban J connectivity index is 0.00000196. The molecule has 9 nitrogen and oxygen atoms in total. The molecule has 0 unspecified atom stereocenters. The van der Waals surface area contributed by atoms with E-state index < -0.39 is 17.7 Å². The van der Waals surface area contributed by atoms with E-state index in [9.17, 15) is 8.78 Å². The summed E-state index contributed by atoms with van der Waals surface area (Å²) >= 11 is 0. The van der Waals surface area contributed by atoms with Crippen molar-refractivity contribution in [2.24, 2.45) is 0 Å². The van der Waals surface area contributed by atoms with Gasteiger partial charge in [0.15, 0.2) is 5.65 Å². The van der Waals surface area contributed by atoms with Gasteiger partial charge in [0.1, 0.15) is 17.5 Å². The monoisotopic (exact) mass is 522 g/mol. The fourth-order valence-electron chi connectivity index (χ4n) is 3.96. The minimum Gasteiger partial charge on any atom is -0.463 e. The van der Waals surface area contributed by atoms with E-state index in [1.54, 1.807) is 54.6 Å². The molecule has 4 heterocycles. The van der Waals surface area contributed by atoms with E-state index >= 15 is 0 Å². The lowest BCUT2D eigenvalue weighted by atomic mass is 10.1. The van der Waals surface area contributed by atoms with Crippen molar-refractivity contribution < 1.29 is 17.8 Å². The third-order valence-corrected chi connectivity index (χ3v) is 5.86. The molecule has 0 radical (unpaired) electrons. The second-order valence-electron chi connectivity index (χ2n) is 8.63. The van der Waals surface area contributed by atoms with Crippen LogP contribution in [0.15, 0.2) is 73.4 Å². The fraction of sp³-hybridized carbons (Fsp3) is 0.222. The van der Waals surface area contributed by atoms with Gasteiger partial charge < -0.3 is 15.4 Å². The summed E-state index contributed by atoms with van der Waals surface area (Å²) in [5.74, 6) is -0.844. The van der Waals surface area contributed by atoms with E-state index in [4.69, 9.17) is 4.74 Å². The smallest absolute Gasteiger partial charge is 0.318 e. The molecule has 200 valence electrons. The molecule has 2 N–H and O–H groups in total. The van der Waals surface area contributed by atoms with Crippen molar-refractivity contribution in [2.75, 3.05) is 18.5 Å². The number of nitrogens with zero attached hydrogens (tertiary/aromatic N) is 6. The van der Waals surface area contributed by atoms with Crippen LogP contribution in [0.5, 0.6) is 6.01 Å². The van der Waals surface area contributed by atoms with Crippen LogP contribution >= 0.6 is 0 Å². The second-order valence-corrected chi connectivity index (χ2v) is 8.63. The fourth-order valence-corrected chi connectivity index (χ4v) is 3.96. The highest BCUT2D eigenvalue weighted by Gasteiger charge is 2.17. The topological polar surface area (TPSA) is 102 Å². The van der Waals surface area contributed by atoms with Gasteiger partial charge in [-0.3, -0.25) is 4.98 Å². The molecule has 0 saturated carbocycles. The van der Waals surface area contributed by atoms with E-state index in [0.29, 0.717) is 34.9 Å². The minimum absolute atomic E-state index is 0. The highest BCUT2D eigenvalue weighted by Crippen LogP contribution is 2.28. The quantitative estimate of drug-likeness (QED) is 0.225. The van der Waals surface area contributed by atoms with Crippen LogP contribution in [0.2, 0.25) is 0 Å². The summed E-state index contributed by atoms with van der Waals surface area (Å²) in [7, 11) is 0. The summed E-state index contributed by atoms with van der Waals surface area (Å²) in [5.41, 5.74) is 3.34. The number of aromatic nitrogens is 6. The summed E-state index contributed by atoms with van der Waals surface area (Å²) in [6.45, 7) is 3.64. The standard InChI is InChI=1S/C27H26F2N8O.3H2/c1-18(21-5-4-20(28)14-23(21)29)34-25-15-24(22-17-33-37-12-2-9-32-26(22)37)35-27(36-25)38-13-3-8-31-16-19-6-10-30-11-7-19;;;/h2,4-7,9-12,14-15,17-18,31H,3,8,13,16H2,1H3,(H,34,35,36);3*1H/t18-;;;/m0.../s1. The molecule has 1 atom stereocenters. The molecule has 0 aliphatic rings. The predicted molar refractivity (Wildman–Crippen MR) is 145 cm³/mol. The van der Waals surface area contributed by atoms with Crippen LogP contribution in [0.4, 0.5) is 14.6 Å². The van der Waals surface area contributed by atoms with Crippen LogP contribution in [0.1, 0.15) is 34.8 Å². The summed E-state index contributed by atoms with van der Waals surface area (Å²) < 4.78 is 35.3. The van der Waals surface area contributed by atoms with Crippen molar-refractivity contribution in [3.8, 4) is 17.3 Å². The Morgan fingerprint density at radius 2 is 1.95 bits per heavy atom. The Morgan fingerprint density at radius 3 is 2.79 bits per heavy atom. The number of hydrogen-bond donors (Lipinski definition) is 2. The average molecular weight is 523 g/mol. The van der Waals surface area contributed by atoms with Crippen molar-refractivity contribution >= 4 is 11.5 Å². The zero-order valence-corrected chi connectivity index (χ0v) is 20.7. The highest BCUT2D eigenvalue weighted by molar-refractivity contribution is 5.75. The largest absolute Gasteiger partial charge is 0.463 e.